The highest BCUT2D eigenvalue weighted by molar-refractivity contribution is 5.24. The van der Waals surface area contributed by atoms with E-state index in [4.69, 9.17) is 0 Å². The van der Waals surface area contributed by atoms with Crippen LogP contribution in [0.1, 0.15) is 50.8 Å². The Bertz CT molecular complexity index is 412. The van der Waals surface area contributed by atoms with E-state index in [1.54, 1.807) is 0 Å². The molecule has 3 atom stereocenters. The van der Waals surface area contributed by atoms with Gasteiger partial charge in [-0.05, 0) is 56.8 Å². The highest BCUT2D eigenvalue weighted by Gasteiger charge is 2.23. The standard InChI is InChI=1S/C19H32N2/c1-5-20-19(18-8-6-15(2)7-9-18)11-13-21-12-10-16(3)17(4)14-21/h6-9,16-17,19-20H,5,10-14H2,1-4H3. The lowest BCUT2D eigenvalue weighted by Gasteiger charge is -2.36. The van der Waals surface area contributed by atoms with Gasteiger partial charge in [0.2, 0.25) is 0 Å². The Morgan fingerprint density at radius 1 is 1.19 bits per heavy atom. The Hall–Kier alpha value is -0.860. The molecule has 118 valence electrons. The van der Waals surface area contributed by atoms with Gasteiger partial charge >= 0.3 is 0 Å². The summed E-state index contributed by atoms with van der Waals surface area (Å²) in [5.74, 6) is 1.73. The summed E-state index contributed by atoms with van der Waals surface area (Å²) >= 11 is 0. The van der Waals surface area contributed by atoms with Crippen molar-refractivity contribution in [2.45, 2.75) is 46.6 Å². The molecule has 1 saturated heterocycles. The molecule has 2 rings (SSSR count). The minimum Gasteiger partial charge on any atom is -0.310 e. The zero-order valence-electron chi connectivity index (χ0n) is 14.2. The molecule has 1 aliphatic rings. The molecule has 21 heavy (non-hydrogen) atoms. The number of hydrogen-bond acceptors (Lipinski definition) is 2. The van der Waals surface area contributed by atoms with Crippen molar-refractivity contribution in [1.82, 2.24) is 10.2 Å². The quantitative estimate of drug-likeness (QED) is 0.850. The van der Waals surface area contributed by atoms with Crippen molar-refractivity contribution >= 4 is 0 Å². The van der Waals surface area contributed by atoms with Crippen LogP contribution in [0.2, 0.25) is 0 Å². The van der Waals surface area contributed by atoms with Crippen molar-refractivity contribution < 1.29 is 0 Å². The lowest BCUT2D eigenvalue weighted by Crippen LogP contribution is -2.40. The third-order valence-electron chi connectivity index (χ3n) is 5.08. The Kier molecular flexibility index (Phi) is 6.25. The van der Waals surface area contributed by atoms with Crippen molar-refractivity contribution in [2.24, 2.45) is 11.8 Å². The summed E-state index contributed by atoms with van der Waals surface area (Å²) in [4.78, 5) is 2.66. The van der Waals surface area contributed by atoms with E-state index in [1.807, 2.05) is 0 Å². The highest BCUT2D eigenvalue weighted by Crippen LogP contribution is 2.24. The molecule has 0 bridgehead atoms. The first-order valence-electron chi connectivity index (χ1n) is 8.62. The summed E-state index contributed by atoms with van der Waals surface area (Å²) in [6.45, 7) is 13.9. The van der Waals surface area contributed by atoms with Crippen molar-refractivity contribution in [3.63, 3.8) is 0 Å². The fourth-order valence-electron chi connectivity index (χ4n) is 3.30. The van der Waals surface area contributed by atoms with Crippen molar-refractivity contribution in [1.29, 1.82) is 0 Å². The second-order valence-corrected chi connectivity index (χ2v) is 6.85. The van der Waals surface area contributed by atoms with E-state index in [0.29, 0.717) is 6.04 Å². The molecule has 1 fully saturated rings. The number of aryl methyl sites for hydroxylation is 1. The molecule has 3 unspecified atom stereocenters. The van der Waals surface area contributed by atoms with Crippen LogP contribution in [-0.4, -0.2) is 31.1 Å². The normalized spacial score (nSPS) is 25.0. The molecule has 1 aliphatic heterocycles. The number of piperidine rings is 1. The van der Waals surface area contributed by atoms with Crippen LogP contribution < -0.4 is 5.32 Å². The number of nitrogens with zero attached hydrogens (tertiary/aromatic N) is 1. The van der Waals surface area contributed by atoms with Crippen LogP contribution in [-0.2, 0) is 0 Å². The van der Waals surface area contributed by atoms with Crippen LogP contribution in [0.4, 0.5) is 0 Å². The molecule has 1 aromatic rings. The van der Waals surface area contributed by atoms with Crippen molar-refractivity contribution in [3.05, 3.63) is 35.4 Å². The van der Waals surface area contributed by atoms with Crippen LogP contribution in [0.3, 0.4) is 0 Å². The van der Waals surface area contributed by atoms with Crippen LogP contribution in [0.25, 0.3) is 0 Å². The molecule has 0 radical (unpaired) electrons. The number of likely N-dealkylation sites (tertiary alicyclic amines) is 1. The highest BCUT2D eigenvalue weighted by atomic mass is 15.1. The van der Waals surface area contributed by atoms with Crippen LogP contribution in [0, 0.1) is 18.8 Å². The van der Waals surface area contributed by atoms with Gasteiger partial charge in [0.15, 0.2) is 0 Å². The number of nitrogens with one attached hydrogen (secondary N) is 1. The van der Waals surface area contributed by atoms with Gasteiger partial charge in [0.1, 0.15) is 0 Å². The molecule has 0 spiro atoms. The first-order valence-corrected chi connectivity index (χ1v) is 8.62. The summed E-state index contributed by atoms with van der Waals surface area (Å²) in [5, 5.41) is 3.65. The molecule has 0 amide bonds. The summed E-state index contributed by atoms with van der Waals surface area (Å²) in [7, 11) is 0. The Morgan fingerprint density at radius 2 is 1.90 bits per heavy atom. The Morgan fingerprint density at radius 3 is 2.52 bits per heavy atom. The molecule has 2 nitrogen and oxygen atoms in total. The first kappa shape index (κ1) is 16.5. The average Bonchev–Trinajstić information content (AvgIpc) is 2.48. The van der Waals surface area contributed by atoms with E-state index in [9.17, 15) is 0 Å². The second kappa shape index (κ2) is 7.95. The van der Waals surface area contributed by atoms with Crippen molar-refractivity contribution in [3.8, 4) is 0 Å². The predicted octanol–water partition coefficient (Wildman–Crippen LogP) is 4.01. The van der Waals surface area contributed by atoms with E-state index in [-0.39, 0.29) is 0 Å². The predicted molar refractivity (Wildman–Crippen MR) is 91.6 cm³/mol. The molecule has 2 heteroatoms. The largest absolute Gasteiger partial charge is 0.310 e. The number of hydrogen-bond donors (Lipinski definition) is 1. The van der Waals surface area contributed by atoms with Crippen LogP contribution >= 0.6 is 0 Å². The third kappa shape index (κ3) is 4.82. The van der Waals surface area contributed by atoms with Gasteiger partial charge in [-0.2, -0.15) is 0 Å². The maximum atomic E-state index is 3.65. The van der Waals surface area contributed by atoms with Crippen LogP contribution in [0.5, 0.6) is 0 Å². The maximum absolute atomic E-state index is 3.65. The molecule has 1 N–H and O–H groups in total. The van der Waals surface area contributed by atoms with E-state index >= 15 is 0 Å². The van der Waals surface area contributed by atoms with Gasteiger partial charge in [0.25, 0.3) is 0 Å². The zero-order chi connectivity index (χ0) is 15.2. The van der Waals surface area contributed by atoms with E-state index in [0.717, 1.165) is 18.4 Å². The summed E-state index contributed by atoms with van der Waals surface area (Å²) in [6.07, 6.45) is 2.57. The minimum atomic E-state index is 0.491. The SMILES string of the molecule is CCNC(CCN1CCC(C)C(C)C1)c1ccc(C)cc1. The van der Waals surface area contributed by atoms with Gasteiger partial charge in [0, 0.05) is 12.6 Å². The van der Waals surface area contributed by atoms with Gasteiger partial charge in [-0.25, -0.2) is 0 Å². The van der Waals surface area contributed by atoms with E-state index in [1.165, 1.54) is 43.6 Å². The number of rotatable bonds is 6. The van der Waals surface area contributed by atoms with E-state index in [2.05, 4.69) is 62.2 Å². The average molecular weight is 288 g/mol. The summed E-state index contributed by atoms with van der Waals surface area (Å²) in [5.41, 5.74) is 2.77. The minimum absolute atomic E-state index is 0.491. The second-order valence-electron chi connectivity index (χ2n) is 6.85. The van der Waals surface area contributed by atoms with Gasteiger partial charge in [0.05, 0.1) is 0 Å². The van der Waals surface area contributed by atoms with Gasteiger partial charge in [-0.15, -0.1) is 0 Å². The molecule has 0 aliphatic carbocycles. The third-order valence-corrected chi connectivity index (χ3v) is 5.08. The summed E-state index contributed by atoms with van der Waals surface area (Å²) in [6, 6.07) is 9.51. The molecular formula is C19H32N2. The van der Waals surface area contributed by atoms with Crippen molar-refractivity contribution in [2.75, 3.05) is 26.2 Å². The maximum Gasteiger partial charge on any atom is 0.0332 e. The van der Waals surface area contributed by atoms with Gasteiger partial charge in [-0.1, -0.05) is 50.6 Å². The lowest BCUT2D eigenvalue weighted by molar-refractivity contribution is 0.133. The summed E-state index contributed by atoms with van der Waals surface area (Å²) < 4.78 is 0. The number of benzene rings is 1. The smallest absolute Gasteiger partial charge is 0.0332 e. The monoisotopic (exact) mass is 288 g/mol. The zero-order valence-corrected chi connectivity index (χ0v) is 14.2. The molecule has 1 aromatic carbocycles. The molecule has 0 saturated carbocycles. The first-order chi connectivity index (χ1) is 10.1. The topological polar surface area (TPSA) is 15.3 Å². The van der Waals surface area contributed by atoms with Crippen LogP contribution in [0.15, 0.2) is 24.3 Å². The fourth-order valence-corrected chi connectivity index (χ4v) is 3.30. The van der Waals surface area contributed by atoms with Gasteiger partial charge < -0.3 is 10.2 Å². The molecular weight excluding hydrogens is 256 g/mol. The Labute approximate surface area is 130 Å². The lowest BCUT2D eigenvalue weighted by atomic mass is 9.88. The van der Waals surface area contributed by atoms with E-state index < -0.39 is 0 Å². The molecule has 1 heterocycles. The fraction of sp³-hybridized carbons (Fsp3) is 0.684. The Balaban J connectivity index is 1.89. The van der Waals surface area contributed by atoms with Gasteiger partial charge in [-0.3, -0.25) is 0 Å². The molecule has 0 aromatic heterocycles.